The number of nitrogens with one attached hydrogen (secondary N) is 1. The van der Waals surface area contributed by atoms with Gasteiger partial charge in [-0.25, -0.2) is 9.97 Å². The molecule has 0 saturated carbocycles. The van der Waals surface area contributed by atoms with Crippen molar-refractivity contribution in [1.29, 1.82) is 0 Å². The van der Waals surface area contributed by atoms with Gasteiger partial charge in [0.15, 0.2) is 0 Å². The molecule has 0 bridgehead atoms. The Bertz CT molecular complexity index is 735. The van der Waals surface area contributed by atoms with E-state index in [2.05, 4.69) is 35.9 Å². The Morgan fingerprint density at radius 1 is 1.24 bits per heavy atom. The molecule has 4 heterocycles. The van der Waals surface area contributed by atoms with Crippen LogP contribution in [0.25, 0.3) is 0 Å². The summed E-state index contributed by atoms with van der Waals surface area (Å²) in [6, 6.07) is 0.214. The van der Waals surface area contributed by atoms with Crippen LogP contribution >= 0.6 is 0 Å². The molecule has 4 rings (SSSR count). The summed E-state index contributed by atoms with van der Waals surface area (Å²) < 4.78 is 2.18. The molecule has 2 aromatic rings. The zero-order valence-electron chi connectivity index (χ0n) is 14.6. The van der Waals surface area contributed by atoms with Gasteiger partial charge in [0, 0.05) is 56.6 Å². The maximum atomic E-state index is 12.6. The largest absolute Gasteiger partial charge is 0.355 e. The van der Waals surface area contributed by atoms with Crippen molar-refractivity contribution in [3.63, 3.8) is 0 Å². The second-order valence-electron chi connectivity index (χ2n) is 7.02. The van der Waals surface area contributed by atoms with E-state index in [4.69, 9.17) is 0 Å². The van der Waals surface area contributed by atoms with Gasteiger partial charge in [-0.3, -0.25) is 9.78 Å². The summed E-state index contributed by atoms with van der Waals surface area (Å²) in [7, 11) is 0. The maximum Gasteiger partial charge on any atom is 0.223 e. The molecule has 1 saturated heterocycles. The Hall–Kier alpha value is -2.44. The Morgan fingerprint density at radius 2 is 2.08 bits per heavy atom. The average Bonchev–Trinajstić information content (AvgIpc) is 3.02. The van der Waals surface area contributed by atoms with Gasteiger partial charge in [-0.15, -0.1) is 0 Å². The third-order valence-electron chi connectivity index (χ3n) is 5.20. The fourth-order valence-electron chi connectivity index (χ4n) is 3.85. The van der Waals surface area contributed by atoms with Gasteiger partial charge in [-0.05, 0) is 26.2 Å². The van der Waals surface area contributed by atoms with E-state index in [0.29, 0.717) is 0 Å². The van der Waals surface area contributed by atoms with Gasteiger partial charge in [0.05, 0.1) is 11.9 Å². The molecular weight excluding hydrogens is 316 g/mol. The van der Waals surface area contributed by atoms with Crippen LogP contribution in [0.5, 0.6) is 0 Å². The summed E-state index contributed by atoms with van der Waals surface area (Å²) in [4.78, 5) is 27.8. The molecule has 1 N–H and O–H groups in total. The number of hydrogen-bond acceptors (Lipinski definition) is 5. The highest BCUT2D eigenvalue weighted by Gasteiger charge is 2.28. The number of aryl methyl sites for hydroxylation is 2. The van der Waals surface area contributed by atoms with Gasteiger partial charge in [-0.1, -0.05) is 0 Å². The molecule has 7 nitrogen and oxygen atoms in total. The molecule has 0 aromatic carbocycles. The number of anilines is 1. The van der Waals surface area contributed by atoms with Gasteiger partial charge >= 0.3 is 0 Å². The molecule has 7 heteroatoms. The minimum atomic E-state index is 0.0961. The average molecular weight is 340 g/mol. The molecule has 1 atom stereocenters. The number of carbonyl (C=O) groups excluding carboxylic acids is 1. The lowest BCUT2D eigenvalue weighted by Crippen LogP contribution is -2.46. The number of aromatic nitrogens is 4. The lowest BCUT2D eigenvalue weighted by atomic mass is 9.95. The number of rotatable bonds is 3. The van der Waals surface area contributed by atoms with E-state index in [1.54, 1.807) is 18.6 Å². The zero-order valence-corrected chi connectivity index (χ0v) is 14.6. The summed E-state index contributed by atoms with van der Waals surface area (Å²) >= 11 is 0. The van der Waals surface area contributed by atoms with Crippen molar-refractivity contribution in [1.82, 2.24) is 24.8 Å². The van der Waals surface area contributed by atoms with E-state index in [-0.39, 0.29) is 17.9 Å². The summed E-state index contributed by atoms with van der Waals surface area (Å²) in [5.41, 5.74) is 1.05. The van der Waals surface area contributed by atoms with Gasteiger partial charge in [0.2, 0.25) is 5.91 Å². The van der Waals surface area contributed by atoms with E-state index in [1.807, 2.05) is 6.92 Å². The summed E-state index contributed by atoms with van der Waals surface area (Å²) in [5, 5.41) is 3.26. The van der Waals surface area contributed by atoms with Crippen LogP contribution in [0.4, 0.5) is 5.82 Å². The SMILES string of the molecule is Cc1cn2c(n1)CCC(NC(=O)C1CCN(c3cnccn3)CC1)C2. The fourth-order valence-corrected chi connectivity index (χ4v) is 3.85. The molecule has 2 aliphatic rings. The second kappa shape index (κ2) is 6.82. The lowest BCUT2D eigenvalue weighted by Gasteiger charge is -2.33. The Kier molecular flexibility index (Phi) is 4.38. The predicted octanol–water partition coefficient (Wildman–Crippen LogP) is 1.33. The van der Waals surface area contributed by atoms with Crippen molar-refractivity contribution >= 4 is 11.7 Å². The van der Waals surface area contributed by atoms with Crippen LogP contribution in [-0.2, 0) is 17.8 Å². The van der Waals surface area contributed by atoms with Gasteiger partial charge < -0.3 is 14.8 Å². The molecule has 132 valence electrons. The zero-order chi connectivity index (χ0) is 17.2. The Balaban J connectivity index is 1.30. The highest BCUT2D eigenvalue weighted by Crippen LogP contribution is 2.22. The van der Waals surface area contributed by atoms with E-state index >= 15 is 0 Å². The molecule has 1 amide bonds. The Labute approximate surface area is 147 Å². The highest BCUT2D eigenvalue weighted by molar-refractivity contribution is 5.79. The Morgan fingerprint density at radius 3 is 2.84 bits per heavy atom. The first-order valence-electron chi connectivity index (χ1n) is 9.03. The molecule has 25 heavy (non-hydrogen) atoms. The number of carbonyl (C=O) groups is 1. The number of piperidine rings is 1. The van der Waals surface area contributed by atoms with Gasteiger partial charge in [-0.2, -0.15) is 0 Å². The maximum absolute atomic E-state index is 12.6. The van der Waals surface area contributed by atoms with Crippen molar-refractivity contribution in [3.05, 3.63) is 36.3 Å². The second-order valence-corrected chi connectivity index (χ2v) is 7.02. The molecule has 0 spiro atoms. The quantitative estimate of drug-likeness (QED) is 0.912. The molecule has 1 fully saturated rings. The van der Waals surface area contributed by atoms with Crippen LogP contribution in [0, 0.1) is 12.8 Å². The first kappa shape index (κ1) is 16.1. The van der Waals surface area contributed by atoms with E-state index in [0.717, 1.165) is 62.7 Å². The van der Waals surface area contributed by atoms with Crippen LogP contribution in [0.1, 0.15) is 30.8 Å². The van der Waals surface area contributed by atoms with Crippen molar-refractivity contribution < 1.29 is 4.79 Å². The molecule has 0 radical (unpaired) electrons. The summed E-state index contributed by atoms with van der Waals surface area (Å²) in [6.07, 6.45) is 10.9. The number of nitrogens with zero attached hydrogens (tertiary/aromatic N) is 5. The van der Waals surface area contributed by atoms with E-state index in [1.165, 1.54) is 0 Å². The van der Waals surface area contributed by atoms with E-state index < -0.39 is 0 Å². The van der Waals surface area contributed by atoms with Crippen LogP contribution < -0.4 is 10.2 Å². The number of fused-ring (bicyclic) bond motifs is 1. The standard InChI is InChI=1S/C18H24N6O/c1-13-11-24-12-15(2-3-16(24)21-13)22-18(25)14-4-8-23(9-5-14)17-10-19-6-7-20-17/h6-7,10-11,14-15H,2-5,8-9,12H2,1H3,(H,22,25). The first-order chi connectivity index (χ1) is 12.2. The van der Waals surface area contributed by atoms with Crippen LogP contribution in [0.15, 0.2) is 24.8 Å². The van der Waals surface area contributed by atoms with Crippen molar-refractivity contribution in [2.45, 2.75) is 45.2 Å². The first-order valence-corrected chi connectivity index (χ1v) is 9.03. The van der Waals surface area contributed by atoms with E-state index in [9.17, 15) is 4.79 Å². The van der Waals surface area contributed by atoms with Crippen molar-refractivity contribution in [3.8, 4) is 0 Å². The van der Waals surface area contributed by atoms with Crippen molar-refractivity contribution in [2.24, 2.45) is 5.92 Å². The predicted molar refractivity (Wildman–Crippen MR) is 94.2 cm³/mol. The van der Waals surface area contributed by atoms with Gasteiger partial charge in [0.25, 0.3) is 0 Å². The van der Waals surface area contributed by atoms with Crippen LogP contribution in [0.3, 0.4) is 0 Å². The molecule has 2 aromatic heterocycles. The molecule has 0 aliphatic carbocycles. The molecule has 1 unspecified atom stereocenters. The number of imidazole rings is 1. The number of amides is 1. The van der Waals surface area contributed by atoms with Crippen LogP contribution in [0.2, 0.25) is 0 Å². The molecule has 2 aliphatic heterocycles. The summed E-state index contributed by atoms with van der Waals surface area (Å²) in [5.74, 6) is 2.33. The third kappa shape index (κ3) is 3.50. The monoisotopic (exact) mass is 340 g/mol. The fraction of sp³-hybridized carbons (Fsp3) is 0.556. The topological polar surface area (TPSA) is 75.9 Å². The van der Waals surface area contributed by atoms with Gasteiger partial charge in [0.1, 0.15) is 11.6 Å². The van der Waals surface area contributed by atoms with Crippen molar-refractivity contribution in [2.75, 3.05) is 18.0 Å². The number of hydrogen-bond donors (Lipinski definition) is 1. The normalized spacial score (nSPS) is 21.0. The third-order valence-corrected chi connectivity index (χ3v) is 5.20. The summed E-state index contributed by atoms with van der Waals surface area (Å²) in [6.45, 7) is 4.56. The molecular formula is C18H24N6O. The minimum absolute atomic E-state index is 0.0961. The lowest BCUT2D eigenvalue weighted by molar-refractivity contribution is -0.126. The highest BCUT2D eigenvalue weighted by atomic mass is 16.2. The smallest absolute Gasteiger partial charge is 0.223 e. The minimum Gasteiger partial charge on any atom is -0.355 e. The van der Waals surface area contributed by atoms with Crippen LogP contribution in [-0.4, -0.2) is 44.6 Å².